The molecule has 33 heavy (non-hydrogen) atoms. The van der Waals surface area contributed by atoms with Crippen molar-refractivity contribution in [3.63, 3.8) is 0 Å². The molecule has 0 fully saturated rings. The number of para-hydroxylation sites is 1. The summed E-state index contributed by atoms with van der Waals surface area (Å²) in [7, 11) is 0. The summed E-state index contributed by atoms with van der Waals surface area (Å²) in [5.41, 5.74) is 6.41. The van der Waals surface area contributed by atoms with Gasteiger partial charge in [-0.2, -0.15) is 0 Å². The molecule has 1 aliphatic rings. The lowest BCUT2D eigenvalue weighted by atomic mass is 9.98. The molecule has 0 radical (unpaired) electrons. The first kappa shape index (κ1) is 20.6. The fraction of sp³-hybridized carbons (Fsp3) is 0.154. The van der Waals surface area contributed by atoms with Gasteiger partial charge in [-0.15, -0.1) is 0 Å². The van der Waals surface area contributed by atoms with E-state index in [9.17, 15) is 14.7 Å². The highest BCUT2D eigenvalue weighted by atomic mass is 16.5. The van der Waals surface area contributed by atoms with Crippen LogP contribution in [-0.4, -0.2) is 39.8 Å². The number of amides is 1. The second-order valence-corrected chi connectivity index (χ2v) is 7.91. The van der Waals surface area contributed by atoms with Crippen molar-refractivity contribution < 1.29 is 19.4 Å². The molecule has 0 bridgehead atoms. The largest absolute Gasteiger partial charge is 0.480 e. The standard InChI is InChI=1S/C26H21N3O4/c30-25(31)23(14-16-6-5-11-22-24(16)28-13-12-27-22)29-26(32)33-15-21-19-9-3-1-7-17(19)18-8-2-4-10-20(18)21/h1-13,21,23H,14-15H2,(H,29,32)(H,30,31). The van der Waals surface area contributed by atoms with Crippen molar-refractivity contribution in [2.45, 2.75) is 18.4 Å². The molecule has 7 nitrogen and oxygen atoms in total. The highest BCUT2D eigenvalue weighted by Crippen LogP contribution is 2.44. The summed E-state index contributed by atoms with van der Waals surface area (Å²) in [6.45, 7) is 0.117. The molecule has 1 aromatic heterocycles. The Bertz CT molecular complexity index is 1300. The topological polar surface area (TPSA) is 101 Å². The van der Waals surface area contributed by atoms with Crippen LogP contribution in [0.5, 0.6) is 0 Å². The van der Waals surface area contributed by atoms with E-state index < -0.39 is 18.1 Å². The molecule has 1 unspecified atom stereocenters. The van der Waals surface area contributed by atoms with E-state index in [1.807, 2.05) is 36.4 Å². The molecule has 7 heteroatoms. The van der Waals surface area contributed by atoms with Crippen molar-refractivity contribution in [2.75, 3.05) is 6.61 Å². The number of benzene rings is 3. The molecule has 1 atom stereocenters. The normalized spacial score (nSPS) is 13.2. The smallest absolute Gasteiger partial charge is 0.407 e. The number of carboxylic acids is 1. The Labute approximate surface area is 190 Å². The molecule has 1 heterocycles. The molecule has 0 spiro atoms. The van der Waals surface area contributed by atoms with Gasteiger partial charge >= 0.3 is 12.1 Å². The maximum absolute atomic E-state index is 12.6. The van der Waals surface area contributed by atoms with Crippen molar-refractivity contribution in [2.24, 2.45) is 0 Å². The van der Waals surface area contributed by atoms with E-state index in [-0.39, 0.29) is 18.9 Å². The maximum atomic E-state index is 12.6. The van der Waals surface area contributed by atoms with E-state index in [2.05, 4.69) is 27.4 Å². The van der Waals surface area contributed by atoms with Crippen molar-refractivity contribution in [3.05, 3.63) is 95.8 Å². The predicted octanol–water partition coefficient (Wildman–Crippen LogP) is 4.16. The zero-order valence-electron chi connectivity index (χ0n) is 17.6. The zero-order valence-corrected chi connectivity index (χ0v) is 17.6. The maximum Gasteiger partial charge on any atom is 0.407 e. The molecular weight excluding hydrogens is 418 g/mol. The van der Waals surface area contributed by atoms with Crippen LogP contribution in [0.4, 0.5) is 4.79 Å². The number of hydrogen-bond donors (Lipinski definition) is 2. The number of carboxylic acid groups (broad SMARTS) is 1. The number of carbonyl (C=O) groups excluding carboxylic acids is 1. The van der Waals surface area contributed by atoms with Crippen molar-refractivity contribution in [1.29, 1.82) is 0 Å². The van der Waals surface area contributed by atoms with Crippen LogP contribution in [0.1, 0.15) is 22.6 Å². The summed E-state index contributed by atoms with van der Waals surface area (Å²) in [5, 5.41) is 12.2. The molecule has 3 aromatic carbocycles. The number of aromatic nitrogens is 2. The fourth-order valence-electron chi connectivity index (χ4n) is 4.42. The van der Waals surface area contributed by atoms with Crippen molar-refractivity contribution in [3.8, 4) is 11.1 Å². The highest BCUT2D eigenvalue weighted by molar-refractivity contribution is 5.83. The second-order valence-electron chi connectivity index (χ2n) is 7.91. The SMILES string of the molecule is O=C(NC(Cc1cccc2nccnc12)C(=O)O)OCC1c2ccccc2-c2ccccc21. The van der Waals surface area contributed by atoms with Gasteiger partial charge in [-0.3, -0.25) is 9.97 Å². The molecule has 1 aliphatic carbocycles. The van der Waals surface area contributed by atoms with Gasteiger partial charge in [0.2, 0.25) is 0 Å². The lowest BCUT2D eigenvalue weighted by Gasteiger charge is -2.18. The third kappa shape index (κ3) is 4.01. The number of nitrogens with zero attached hydrogens (tertiary/aromatic N) is 2. The highest BCUT2D eigenvalue weighted by Gasteiger charge is 2.30. The molecule has 0 saturated heterocycles. The molecule has 4 aromatic rings. The van der Waals surface area contributed by atoms with Gasteiger partial charge in [-0.1, -0.05) is 60.7 Å². The van der Waals surface area contributed by atoms with E-state index in [1.54, 1.807) is 30.6 Å². The van der Waals surface area contributed by atoms with Gasteiger partial charge in [0.05, 0.1) is 11.0 Å². The van der Waals surface area contributed by atoms with Gasteiger partial charge in [0.25, 0.3) is 0 Å². The Morgan fingerprint density at radius 3 is 2.27 bits per heavy atom. The molecule has 0 aliphatic heterocycles. The minimum atomic E-state index is -1.16. The lowest BCUT2D eigenvalue weighted by Crippen LogP contribution is -2.43. The number of carbonyl (C=O) groups is 2. The van der Waals surface area contributed by atoms with Gasteiger partial charge in [0.1, 0.15) is 12.6 Å². The first-order valence-electron chi connectivity index (χ1n) is 10.6. The van der Waals surface area contributed by atoms with Gasteiger partial charge in [-0.25, -0.2) is 9.59 Å². The summed E-state index contributed by atoms with van der Waals surface area (Å²) in [6, 6.07) is 20.3. The Kier molecular flexibility index (Phi) is 5.44. The number of aliphatic carboxylic acids is 1. The second kappa shape index (κ2) is 8.70. The summed E-state index contributed by atoms with van der Waals surface area (Å²) in [6.07, 6.45) is 2.43. The number of ether oxygens (including phenoxy) is 1. The minimum Gasteiger partial charge on any atom is -0.480 e. The Morgan fingerprint density at radius 2 is 1.58 bits per heavy atom. The van der Waals surface area contributed by atoms with Crippen molar-refractivity contribution >= 4 is 23.1 Å². The van der Waals surface area contributed by atoms with E-state index in [0.717, 1.165) is 22.3 Å². The first-order valence-corrected chi connectivity index (χ1v) is 10.6. The Balaban J connectivity index is 1.29. The number of fused-ring (bicyclic) bond motifs is 4. The average Bonchev–Trinajstić information content (AvgIpc) is 3.16. The summed E-state index contributed by atoms with van der Waals surface area (Å²) in [5.74, 6) is -1.25. The average molecular weight is 439 g/mol. The number of hydrogen-bond acceptors (Lipinski definition) is 5. The quantitative estimate of drug-likeness (QED) is 0.468. The fourth-order valence-corrected chi connectivity index (χ4v) is 4.42. The van der Waals surface area contributed by atoms with Crippen LogP contribution < -0.4 is 5.32 Å². The van der Waals surface area contributed by atoms with Gasteiger partial charge in [0, 0.05) is 24.7 Å². The zero-order chi connectivity index (χ0) is 22.8. The molecular formula is C26H21N3O4. The van der Waals surface area contributed by atoms with E-state index in [0.29, 0.717) is 16.6 Å². The Hall–Kier alpha value is -4.26. The molecule has 2 N–H and O–H groups in total. The van der Waals surface area contributed by atoms with Gasteiger partial charge in [-0.05, 0) is 33.9 Å². The summed E-state index contributed by atoms with van der Waals surface area (Å²) < 4.78 is 5.50. The van der Waals surface area contributed by atoms with Crippen LogP contribution >= 0.6 is 0 Å². The van der Waals surface area contributed by atoms with E-state index >= 15 is 0 Å². The van der Waals surface area contributed by atoms with Crippen molar-refractivity contribution in [1.82, 2.24) is 15.3 Å². The van der Waals surface area contributed by atoms with E-state index in [4.69, 9.17) is 4.74 Å². The predicted molar refractivity (Wildman–Crippen MR) is 123 cm³/mol. The molecule has 164 valence electrons. The lowest BCUT2D eigenvalue weighted by molar-refractivity contribution is -0.139. The molecule has 5 rings (SSSR count). The van der Waals surface area contributed by atoms with Gasteiger partial charge in [0.15, 0.2) is 0 Å². The monoisotopic (exact) mass is 439 g/mol. The van der Waals surface area contributed by atoms with Crippen LogP contribution in [-0.2, 0) is 16.0 Å². The third-order valence-electron chi connectivity index (χ3n) is 5.94. The first-order chi connectivity index (χ1) is 16.1. The van der Waals surface area contributed by atoms with Crippen LogP contribution in [0.2, 0.25) is 0 Å². The summed E-state index contributed by atoms with van der Waals surface area (Å²) >= 11 is 0. The number of alkyl carbamates (subject to hydrolysis) is 1. The van der Waals surface area contributed by atoms with E-state index in [1.165, 1.54) is 0 Å². The minimum absolute atomic E-state index is 0.0650. The van der Waals surface area contributed by atoms with Gasteiger partial charge < -0.3 is 15.2 Å². The Morgan fingerprint density at radius 1 is 0.909 bits per heavy atom. The molecule has 0 saturated carbocycles. The number of nitrogens with one attached hydrogen (secondary N) is 1. The van der Waals surface area contributed by atoms with Crippen LogP contribution in [0.3, 0.4) is 0 Å². The van der Waals surface area contributed by atoms with Crippen LogP contribution in [0, 0.1) is 0 Å². The van der Waals surface area contributed by atoms with Crippen LogP contribution in [0.25, 0.3) is 22.2 Å². The molecule has 1 amide bonds. The number of rotatable bonds is 6. The van der Waals surface area contributed by atoms with Crippen LogP contribution in [0.15, 0.2) is 79.1 Å². The summed E-state index contributed by atoms with van der Waals surface area (Å²) in [4.78, 5) is 33.0. The third-order valence-corrected chi connectivity index (χ3v) is 5.94.